The van der Waals surface area contributed by atoms with Crippen LogP contribution >= 0.6 is 0 Å². The zero-order valence-corrected chi connectivity index (χ0v) is 12.9. The van der Waals surface area contributed by atoms with Gasteiger partial charge >= 0.3 is 0 Å². The molecule has 15 heavy (non-hydrogen) atoms. The van der Waals surface area contributed by atoms with E-state index in [4.69, 9.17) is 5.21 Å². The summed E-state index contributed by atoms with van der Waals surface area (Å²) in [6.45, 7) is 9.57. The molecule has 0 aliphatic rings. The van der Waals surface area contributed by atoms with E-state index in [0.29, 0.717) is 5.69 Å². The van der Waals surface area contributed by atoms with Crippen molar-refractivity contribution in [1.29, 1.82) is 0 Å². The molecule has 0 aliphatic heterocycles. The van der Waals surface area contributed by atoms with Crippen LogP contribution in [0.3, 0.4) is 0 Å². The monoisotopic (exact) mass is 286 g/mol. The van der Waals surface area contributed by atoms with Crippen LogP contribution in [0.25, 0.3) is 0 Å². The van der Waals surface area contributed by atoms with Gasteiger partial charge in [0, 0.05) is 32.7 Å². The second kappa shape index (κ2) is 8.08. The molecular formula is C11H19NO2Y. The van der Waals surface area contributed by atoms with Gasteiger partial charge in [-0.15, -0.1) is 0 Å². The van der Waals surface area contributed by atoms with E-state index in [1.807, 2.05) is 39.2 Å². The summed E-state index contributed by atoms with van der Waals surface area (Å²) in [7, 11) is 0. The van der Waals surface area contributed by atoms with Gasteiger partial charge in [-0.25, -0.2) is 0 Å². The molecule has 1 rings (SSSR count). The van der Waals surface area contributed by atoms with Crippen LogP contribution in [0.1, 0.15) is 30.5 Å². The molecule has 83 valence electrons. The van der Waals surface area contributed by atoms with E-state index in [1.165, 1.54) is 0 Å². The average molecular weight is 286 g/mol. The Morgan fingerprint density at radius 2 is 1.53 bits per heavy atom. The standard InChI is InChI=1S/C9H13NO2.C2H6.Y/c1-5-4-6(2)9(11)8(10-12)7(5)3;1-2;/h4,10-12H,1-3H3;1-2H3;. The first kappa shape index (κ1) is 17.3. The Hall–Kier alpha value is -0.116. The summed E-state index contributed by atoms with van der Waals surface area (Å²) in [6, 6.07) is 1.88. The van der Waals surface area contributed by atoms with Crippen molar-refractivity contribution in [3.8, 4) is 5.75 Å². The number of nitrogens with one attached hydrogen (secondary N) is 1. The Kier molecular flexibility index (Phi) is 9.32. The van der Waals surface area contributed by atoms with Crippen molar-refractivity contribution in [2.45, 2.75) is 34.6 Å². The Balaban J connectivity index is 0. The normalized spacial score (nSPS) is 8.40. The quantitative estimate of drug-likeness (QED) is 0.549. The summed E-state index contributed by atoms with van der Waals surface area (Å²) in [5.74, 6) is 0.112. The number of benzene rings is 1. The predicted molar refractivity (Wildman–Crippen MR) is 59.1 cm³/mol. The molecule has 0 saturated carbocycles. The Labute approximate surface area is 117 Å². The van der Waals surface area contributed by atoms with Gasteiger partial charge in [0.15, 0.2) is 0 Å². The van der Waals surface area contributed by atoms with Crippen LogP contribution in [-0.4, -0.2) is 10.3 Å². The van der Waals surface area contributed by atoms with Crippen molar-refractivity contribution in [3.05, 3.63) is 22.8 Å². The molecule has 1 radical (unpaired) electrons. The minimum Gasteiger partial charge on any atom is -0.505 e. The van der Waals surface area contributed by atoms with Crippen molar-refractivity contribution in [2.24, 2.45) is 0 Å². The van der Waals surface area contributed by atoms with Gasteiger partial charge in [0.05, 0.1) is 0 Å². The Bertz CT molecular complexity index is 288. The second-order valence-corrected chi connectivity index (χ2v) is 2.97. The number of phenols is 1. The number of anilines is 1. The number of rotatable bonds is 1. The molecular weight excluding hydrogens is 267 g/mol. The van der Waals surface area contributed by atoms with E-state index in [9.17, 15) is 5.11 Å². The molecule has 0 spiro atoms. The van der Waals surface area contributed by atoms with Crippen molar-refractivity contribution >= 4 is 5.69 Å². The first-order valence-corrected chi connectivity index (χ1v) is 4.77. The van der Waals surface area contributed by atoms with Gasteiger partial charge in [-0.2, -0.15) is 0 Å². The third kappa shape index (κ3) is 4.09. The number of phenolic OH excluding ortho intramolecular Hbond substituents is 1. The van der Waals surface area contributed by atoms with Crippen LogP contribution in [0.5, 0.6) is 5.75 Å². The molecule has 4 heteroatoms. The number of hydrogen-bond donors (Lipinski definition) is 3. The van der Waals surface area contributed by atoms with E-state index in [2.05, 4.69) is 0 Å². The second-order valence-electron chi connectivity index (χ2n) is 2.97. The van der Waals surface area contributed by atoms with Gasteiger partial charge in [0.2, 0.25) is 0 Å². The van der Waals surface area contributed by atoms with Crippen molar-refractivity contribution in [3.63, 3.8) is 0 Å². The van der Waals surface area contributed by atoms with Crippen molar-refractivity contribution in [1.82, 2.24) is 0 Å². The Morgan fingerprint density at radius 1 is 1.07 bits per heavy atom. The first-order valence-electron chi connectivity index (χ1n) is 4.77. The van der Waals surface area contributed by atoms with Gasteiger partial charge in [-0.3, -0.25) is 10.7 Å². The molecule has 0 fully saturated rings. The van der Waals surface area contributed by atoms with Crippen molar-refractivity contribution in [2.75, 3.05) is 5.48 Å². The minimum absolute atomic E-state index is 0. The van der Waals surface area contributed by atoms with Crippen LogP contribution in [0.2, 0.25) is 0 Å². The molecule has 0 bridgehead atoms. The maximum Gasteiger partial charge on any atom is 0.144 e. The molecule has 0 unspecified atom stereocenters. The summed E-state index contributed by atoms with van der Waals surface area (Å²) in [5.41, 5.74) is 5.06. The fourth-order valence-electron chi connectivity index (χ4n) is 1.21. The minimum atomic E-state index is 0. The summed E-state index contributed by atoms with van der Waals surface area (Å²) in [4.78, 5) is 0. The van der Waals surface area contributed by atoms with Crippen LogP contribution in [0.15, 0.2) is 6.07 Å². The third-order valence-corrected chi connectivity index (χ3v) is 2.12. The van der Waals surface area contributed by atoms with Crippen LogP contribution in [0, 0.1) is 20.8 Å². The zero-order chi connectivity index (χ0) is 11.3. The van der Waals surface area contributed by atoms with E-state index in [-0.39, 0.29) is 38.5 Å². The fraction of sp³-hybridized carbons (Fsp3) is 0.455. The first-order chi connectivity index (χ1) is 6.57. The van der Waals surface area contributed by atoms with E-state index in [1.54, 1.807) is 6.92 Å². The summed E-state index contributed by atoms with van der Waals surface area (Å²) in [5, 5.41) is 18.2. The maximum absolute atomic E-state index is 9.48. The van der Waals surface area contributed by atoms with Gasteiger partial charge in [-0.1, -0.05) is 19.9 Å². The zero-order valence-electron chi connectivity index (χ0n) is 10.0. The van der Waals surface area contributed by atoms with Gasteiger partial charge < -0.3 is 5.11 Å². The van der Waals surface area contributed by atoms with Gasteiger partial charge in [0.1, 0.15) is 11.4 Å². The molecule has 0 aliphatic carbocycles. The van der Waals surface area contributed by atoms with Gasteiger partial charge in [-0.05, 0) is 37.5 Å². The van der Waals surface area contributed by atoms with Crippen molar-refractivity contribution < 1.29 is 43.0 Å². The van der Waals surface area contributed by atoms with Crippen LogP contribution in [0.4, 0.5) is 5.69 Å². The maximum atomic E-state index is 9.48. The summed E-state index contributed by atoms with van der Waals surface area (Å²) < 4.78 is 0. The molecule has 0 atom stereocenters. The summed E-state index contributed by atoms with van der Waals surface area (Å²) >= 11 is 0. The molecule has 0 heterocycles. The smallest absolute Gasteiger partial charge is 0.144 e. The largest absolute Gasteiger partial charge is 0.505 e. The molecule has 0 amide bonds. The van der Waals surface area contributed by atoms with E-state index >= 15 is 0 Å². The van der Waals surface area contributed by atoms with E-state index < -0.39 is 0 Å². The predicted octanol–water partition coefficient (Wildman–Crippen LogP) is 3.14. The number of aryl methyl sites for hydroxylation is 2. The molecule has 1 aromatic rings. The molecule has 0 saturated heterocycles. The van der Waals surface area contributed by atoms with Crippen LogP contribution in [-0.2, 0) is 32.7 Å². The molecule has 3 nitrogen and oxygen atoms in total. The summed E-state index contributed by atoms with van der Waals surface area (Å²) in [6.07, 6.45) is 0. The van der Waals surface area contributed by atoms with Crippen LogP contribution < -0.4 is 5.48 Å². The third-order valence-electron chi connectivity index (χ3n) is 2.12. The number of aromatic hydroxyl groups is 1. The number of hydrogen-bond acceptors (Lipinski definition) is 3. The molecule has 3 N–H and O–H groups in total. The molecule has 0 aromatic heterocycles. The average Bonchev–Trinajstić information content (AvgIpc) is 2.19. The topological polar surface area (TPSA) is 52.5 Å². The fourth-order valence-corrected chi connectivity index (χ4v) is 1.21. The van der Waals surface area contributed by atoms with Gasteiger partial charge in [0.25, 0.3) is 0 Å². The SMILES string of the molecule is CC.Cc1cc(C)c(O)c(NO)c1C.[Y]. The molecule has 1 aromatic carbocycles. The Morgan fingerprint density at radius 3 is 1.93 bits per heavy atom. The van der Waals surface area contributed by atoms with E-state index in [0.717, 1.165) is 16.7 Å².